The Morgan fingerprint density at radius 3 is 2.43 bits per heavy atom. The molecule has 0 saturated heterocycles. The van der Waals surface area contributed by atoms with Gasteiger partial charge in [0.15, 0.2) is 11.4 Å². The standard InChI is InChI=1S/C7H6N2O4S/c10-6(11)4-5(7(12)13)9-3(8-4)1-2-14/h2H,1H2,(H,8,9)(H,10,11)(H,12,13). The van der Waals surface area contributed by atoms with E-state index in [1.54, 1.807) is 0 Å². The van der Waals surface area contributed by atoms with E-state index in [0.717, 1.165) is 0 Å². The monoisotopic (exact) mass is 214 g/mol. The third-order valence-corrected chi connectivity index (χ3v) is 1.61. The van der Waals surface area contributed by atoms with E-state index in [4.69, 9.17) is 10.2 Å². The van der Waals surface area contributed by atoms with Gasteiger partial charge in [0.25, 0.3) is 0 Å². The number of hydrogen-bond acceptors (Lipinski definition) is 4. The zero-order valence-electron chi connectivity index (χ0n) is 6.85. The van der Waals surface area contributed by atoms with Crippen LogP contribution in [0.3, 0.4) is 0 Å². The van der Waals surface area contributed by atoms with E-state index in [1.165, 1.54) is 5.37 Å². The number of carboxylic acids is 2. The summed E-state index contributed by atoms with van der Waals surface area (Å²) in [7, 11) is 0. The van der Waals surface area contributed by atoms with Crippen molar-refractivity contribution < 1.29 is 19.8 Å². The van der Waals surface area contributed by atoms with Crippen LogP contribution >= 0.6 is 12.2 Å². The first-order valence-electron chi connectivity index (χ1n) is 3.55. The van der Waals surface area contributed by atoms with Gasteiger partial charge in [-0.05, 0) is 5.37 Å². The number of hydrogen-bond donors (Lipinski definition) is 3. The molecule has 6 nitrogen and oxygen atoms in total. The van der Waals surface area contributed by atoms with Crippen LogP contribution in [0.4, 0.5) is 0 Å². The summed E-state index contributed by atoms with van der Waals surface area (Å²) in [6.45, 7) is 0. The van der Waals surface area contributed by atoms with Crippen molar-refractivity contribution in [3.63, 3.8) is 0 Å². The van der Waals surface area contributed by atoms with Crippen molar-refractivity contribution in [3.05, 3.63) is 17.2 Å². The Hall–Kier alpha value is -1.76. The highest BCUT2D eigenvalue weighted by Gasteiger charge is 2.21. The number of H-pyrrole nitrogens is 1. The molecule has 0 saturated carbocycles. The topological polar surface area (TPSA) is 103 Å². The molecule has 0 aliphatic carbocycles. The van der Waals surface area contributed by atoms with Crippen molar-refractivity contribution in [2.24, 2.45) is 0 Å². The normalized spacial score (nSPS) is 9.71. The maximum Gasteiger partial charge on any atom is 0.357 e. The molecule has 1 rings (SSSR count). The third-order valence-electron chi connectivity index (χ3n) is 1.45. The highest BCUT2D eigenvalue weighted by atomic mass is 32.1. The molecular formula is C7H6N2O4S. The van der Waals surface area contributed by atoms with Crippen LogP contribution in [-0.4, -0.2) is 37.5 Å². The molecule has 0 aliphatic rings. The number of imidazole rings is 1. The molecule has 0 aromatic carbocycles. The zero-order chi connectivity index (χ0) is 10.7. The van der Waals surface area contributed by atoms with Gasteiger partial charge in [-0.2, -0.15) is 0 Å². The molecule has 0 bridgehead atoms. The Morgan fingerprint density at radius 1 is 1.43 bits per heavy atom. The largest absolute Gasteiger partial charge is 0.477 e. The summed E-state index contributed by atoms with van der Waals surface area (Å²) in [5.74, 6) is -2.51. The number of carboxylic acid groups (broad SMARTS) is 2. The average molecular weight is 214 g/mol. The van der Waals surface area contributed by atoms with Gasteiger partial charge in [0, 0.05) is 6.42 Å². The number of aromatic nitrogens is 2. The minimum absolute atomic E-state index is 0.225. The van der Waals surface area contributed by atoms with Crippen molar-refractivity contribution >= 4 is 29.5 Å². The first kappa shape index (κ1) is 10.3. The molecule has 0 fully saturated rings. The number of carbonyl (C=O) groups is 2. The lowest BCUT2D eigenvalue weighted by atomic mass is 10.3. The predicted molar refractivity (Wildman–Crippen MR) is 49.9 cm³/mol. The summed E-state index contributed by atoms with van der Waals surface area (Å²) >= 11 is 4.54. The minimum Gasteiger partial charge on any atom is -0.477 e. The van der Waals surface area contributed by atoms with Gasteiger partial charge in [-0.25, -0.2) is 14.6 Å². The molecule has 3 N–H and O–H groups in total. The molecule has 1 aromatic heterocycles. The average Bonchev–Trinajstić information content (AvgIpc) is 2.49. The maximum atomic E-state index is 10.6. The Balaban J connectivity index is 3.18. The summed E-state index contributed by atoms with van der Waals surface area (Å²) in [5, 5.41) is 18.6. The molecule has 14 heavy (non-hydrogen) atoms. The van der Waals surface area contributed by atoms with Crippen LogP contribution in [0, 0.1) is 0 Å². The van der Waals surface area contributed by atoms with E-state index >= 15 is 0 Å². The Bertz CT molecular complexity index is 367. The fraction of sp³-hybridized carbons (Fsp3) is 0.143. The molecule has 0 aliphatic heterocycles. The first-order chi connectivity index (χ1) is 6.56. The van der Waals surface area contributed by atoms with Crippen LogP contribution in [0.15, 0.2) is 0 Å². The van der Waals surface area contributed by atoms with Crippen molar-refractivity contribution in [1.29, 1.82) is 0 Å². The van der Waals surface area contributed by atoms with E-state index in [9.17, 15) is 9.59 Å². The highest BCUT2D eigenvalue weighted by molar-refractivity contribution is 7.78. The second kappa shape index (κ2) is 3.97. The molecule has 0 amide bonds. The second-order valence-electron chi connectivity index (χ2n) is 2.39. The molecule has 1 heterocycles. The molecule has 7 heteroatoms. The van der Waals surface area contributed by atoms with Crippen molar-refractivity contribution in [2.75, 3.05) is 0 Å². The van der Waals surface area contributed by atoms with Gasteiger partial charge in [0.1, 0.15) is 5.82 Å². The summed E-state index contributed by atoms with van der Waals surface area (Å²) in [6, 6.07) is 0. The highest BCUT2D eigenvalue weighted by Crippen LogP contribution is 2.06. The number of thiocarbonyl (C=S) groups is 1. The lowest BCUT2D eigenvalue weighted by Crippen LogP contribution is -2.07. The van der Waals surface area contributed by atoms with Crippen LogP contribution in [0.2, 0.25) is 0 Å². The van der Waals surface area contributed by atoms with Crippen LogP contribution in [0.1, 0.15) is 26.8 Å². The first-order valence-corrected chi connectivity index (χ1v) is 4.02. The lowest BCUT2D eigenvalue weighted by Gasteiger charge is -1.88. The molecule has 1 aromatic rings. The van der Waals surface area contributed by atoms with E-state index in [1.807, 2.05) is 0 Å². The van der Waals surface area contributed by atoms with Gasteiger partial charge >= 0.3 is 11.9 Å². The van der Waals surface area contributed by atoms with Gasteiger partial charge in [0.05, 0.1) is 0 Å². The summed E-state index contributed by atoms with van der Waals surface area (Å²) in [4.78, 5) is 27.1. The second-order valence-corrected chi connectivity index (χ2v) is 2.72. The Labute approximate surface area is 83.6 Å². The van der Waals surface area contributed by atoms with Crippen LogP contribution in [0.25, 0.3) is 0 Å². The zero-order valence-corrected chi connectivity index (χ0v) is 7.67. The van der Waals surface area contributed by atoms with E-state index in [-0.39, 0.29) is 12.2 Å². The molecule has 0 atom stereocenters. The summed E-state index contributed by atoms with van der Waals surface area (Å²) in [6.07, 6.45) is 0.225. The number of nitrogens with zero attached hydrogens (tertiary/aromatic N) is 1. The molecule has 0 spiro atoms. The molecular weight excluding hydrogens is 208 g/mol. The SMILES string of the molecule is O=C(O)c1nc(CC=S)[nH]c1C(=O)O. The van der Waals surface area contributed by atoms with Crippen LogP contribution in [-0.2, 0) is 6.42 Å². The maximum absolute atomic E-state index is 10.6. The van der Waals surface area contributed by atoms with Gasteiger partial charge in [-0.1, -0.05) is 12.2 Å². The Kier molecular flexibility index (Phi) is 2.92. The lowest BCUT2D eigenvalue weighted by molar-refractivity contribution is 0.0644. The number of aromatic amines is 1. The molecule has 0 unspecified atom stereocenters. The third kappa shape index (κ3) is 1.94. The molecule has 74 valence electrons. The van der Waals surface area contributed by atoms with E-state index in [0.29, 0.717) is 0 Å². The Morgan fingerprint density at radius 2 is 2.07 bits per heavy atom. The quantitative estimate of drug-likeness (QED) is 0.625. The van der Waals surface area contributed by atoms with E-state index < -0.39 is 23.3 Å². The van der Waals surface area contributed by atoms with E-state index in [2.05, 4.69) is 22.2 Å². The van der Waals surface area contributed by atoms with Crippen molar-refractivity contribution in [3.8, 4) is 0 Å². The summed E-state index contributed by atoms with van der Waals surface area (Å²) in [5.41, 5.74) is -0.922. The van der Waals surface area contributed by atoms with Crippen molar-refractivity contribution in [1.82, 2.24) is 9.97 Å². The smallest absolute Gasteiger partial charge is 0.357 e. The predicted octanol–water partition coefficient (Wildman–Crippen LogP) is 0.348. The van der Waals surface area contributed by atoms with Crippen LogP contribution < -0.4 is 0 Å². The van der Waals surface area contributed by atoms with Gasteiger partial charge in [-0.15, -0.1) is 0 Å². The number of aromatic carboxylic acids is 2. The van der Waals surface area contributed by atoms with Gasteiger partial charge in [-0.3, -0.25) is 0 Å². The number of nitrogens with one attached hydrogen (secondary N) is 1. The van der Waals surface area contributed by atoms with Crippen LogP contribution in [0.5, 0.6) is 0 Å². The number of rotatable bonds is 4. The minimum atomic E-state index is -1.38. The van der Waals surface area contributed by atoms with Gasteiger partial charge < -0.3 is 15.2 Å². The molecule has 0 radical (unpaired) electrons. The fourth-order valence-electron chi connectivity index (χ4n) is 0.907. The summed E-state index contributed by atoms with van der Waals surface area (Å²) < 4.78 is 0. The fourth-order valence-corrected chi connectivity index (χ4v) is 1.07. The van der Waals surface area contributed by atoms with Crippen molar-refractivity contribution in [2.45, 2.75) is 6.42 Å². The van der Waals surface area contributed by atoms with Gasteiger partial charge in [0.2, 0.25) is 0 Å².